The molecule has 2 fully saturated rings. The van der Waals surface area contributed by atoms with Crippen LogP contribution in [0.2, 0.25) is 0 Å². The van der Waals surface area contributed by atoms with E-state index in [-0.39, 0.29) is 18.5 Å². The highest BCUT2D eigenvalue weighted by atomic mass is 35.5. The summed E-state index contributed by atoms with van der Waals surface area (Å²) >= 11 is 0. The van der Waals surface area contributed by atoms with Gasteiger partial charge in [-0.05, 0) is 25.8 Å². The number of nitrogens with one attached hydrogen (secondary N) is 1. The number of halogens is 5. The van der Waals surface area contributed by atoms with Gasteiger partial charge in [-0.25, -0.2) is 26.0 Å². The van der Waals surface area contributed by atoms with Crippen molar-refractivity contribution in [2.75, 3.05) is 13.1 Å². The highest BCUT2D eigenvalue weighted by Crippen LogP contribution is 2.36. The van der Waals surface area contributed by atoms with Crippen LogP contribution in [0.3, 0.4) is 0 Å². The molecule has 1 aromatic rings. The highest BCUT2D eigenvalue weighted by Gasteiger charge is 2.45. The summed E-state index contributed by atoms with van der Waals surface area (Å²) in [5.41, 5.74) is 0. The first-order valence-corrected chi connectivity index (χ1v) is 8.35. The van der Waals surface area contributed by atoms with Gasteiger partial charge in [0.25, 0.3) is 0 Å². The molecule has 4 nitrogen and oxygen atoms in total. The fraction of sp³-hybridized carbons (Fsp3) is 0.538. The van der Waals surface area contributed by atoms with Crippen molar-refractivity contribution < 1.29 is 26.0 Å². The van der Waals surface area contributed by atoms with Gasteiger partial charge in [-0.2, -0.15) is 4.31 Å². The Kier molecular flexibility index (Phi) is 5.24. The molecule has 0 spiro atoms. The minimum atomic E-state index is -4.66. The highest BCUT2D eigenvalue weighted by molar-refractivity contribution is 7.89. The second-order valence-electron chi connectivity index (χ2n) is 5.51. The molecule has 2 unspecified atom stereocenters. The maximum Gasteiger partial charge on any atom is 0.249 e. The van der Waals surface area contributed by atoms with Crippen LogP contribution in [0.25, 0.3) is 0 Å². The van der Waals surface area contributed by atoms with Gasteiger partial charge in [0.1, 0.15) is 0 Å². The Morgan fingerprint density at radius 2 is 1.57 bits per heavy atom. The number of nitrogens with zero attached hydrogens (tertiary/aromatic N) is 1. The van der Waals surface area contributed by atoms with E-state index in [4.69, 9.17) is 0 Å². The predicted octanol–water partition coefficient (Wildman–Crippen LogP) is 2.18. The standard InChI is InChI=1S/C13H14F4N2O2S.ClH/c14-9-5-10(15)12(17)13(11(9)16)22(20,21)19-7-1-2-8(19)6-18-4-3-7;/h5,7-8,18H,1-4,6H2;1H. The van der Waals surface area contributed by atoms with Crippen molar-refractivity contribution in [3.8, 4) is 0 Å². The zero-order valence-electron chi connectivity index (χ0n) is 11.9. The lowest BCUT2D eigenvalue weighted by molar-refractivity contribution is 0.326. The molecule has 0 aliphatic carbocycles. The Morgan fingerprint density at radius 1 is 1.00 bits per heavy atom. The van der Waals surface area contributed by atoms with Crippen LogP contribution in [0.1, 0.15) is 19.3 Å². The maximum atomic E-state index is 13.9. The third kappa shape index (κ3) is 2.95. The molecule has 2 aliphatic heterocycles. The molecule has 2 aliphatic rings. The molecular weight excluding hydrogens is 360 g/mol. The molecule has 0 amide bonds. The lowest BCUT2D eigenvalue weighted by Gasteiger charge is -2.27. The van der Waals surface area contributed by atoms with Crippen molar-refractivity contribution in [2.24, 2.45) is 0 Å². The topological polar surface area (TPSA) is 49.4 Å². The van der Waals surface area contributed by atoms with E-state index in [0.29, 0.717) is 32.4 Å². The van der Waals surface area contributed by atoms with Crippen LogP contribution < -0.4 is 5.32 Å². The molecular formula is C13H15ClF4N2O2S. The van der Waals surface area contributed by atoms with E-state index in [1.807, 2.05) is 0 Å². The zero-order valence-corrected chi connectivity index (χ0v) is 13.5. The number of sulfonamides is 1. The minimum absolute atomic E-state index is 0. The van der Waals surface area contributed by atoms with Gasteiger partial charge < -0.3 is 5.32 Å². The summed E-state index contributed by atoms with van der Waals surface area (Å²) in [6.07, 6.45) is 1.58. The predicted molar refractivity (Wildman–Crippen MR) is 76.8 cm³/mol. The number of benzene rings is 1. The van der Waals surface area contributed by atoms with E-state index in [0.717, 1.165) is 4.31 Å². The zero-order chi connectivity index (χ0) is 16.1. The third-order valence-corrected chi connectivity index (χ3v) is 6.22. The van der Waals surface area contributed by atoms with Crippen LogP contribution in [0.5, 0.6) is 0 Å². The minimum Gasteiger partial charge on any atom is -0.315 e. The monoisotopic (exact) mass is 374 g/mol. The molecule has 2 heterocycles. The normalized spacial score (nSPS) is 25.0. The van der Waals surface area contributed by atoms with Crippen LogP contribution in [0.4, 0.5) is 17.6 Å². The van der Waals surface area contributed by atoms with Crippen LogP contribution in [0.15, 0.2) is 11.0 Å². The van der Waals surface area contributed by atoms with Crippen molar-refractivity contribution in [3.63, 3.8) is 0 Å². The lowest BCUT2D eigenvalue weighted by atomic mass is 10.1. The number of hydrogen-bond acceptors (Lipinski definition) is 3. The van der Waals surface area contributed by atoms with Crippen LogP contribution in [-0.4, -0.2) is 37.9 Å². The van der Waals surface area contributed by atoms with Crippen molar-refractivity contribution in [1.29, 1.82) is 0 Å². The molecule has 2 atom stereocenters. The number of rotatable bonds is 2. The van der Waals surface area contributed by atoms with Gasteiger partial charge in [0.05, 0.1) is 0 Å². The van der Waals surface area contributed by atoms with E-state index >= 15 is 0 Å². The fourth-order valence-electron chi connectivity index (χ4n) is 3.21. The van der Waals surface area contributed by atoms with Crippen molar-refractivity contribution in [2.45, 2.75) is 36.2 Å². The second kappa shape index (κ2) is 6.54. The summed E-state index contributed by atoms with van der Waals surface area (Å²) in [4.78, 5) is -1.54. The Morgan fingerprint density at radius 3 is 2.17 bits per heavy atom. The molecule has 1 N–H and O–H groups in total. The van der Waals surface area contributed by atoms with E-state index in [2.05, 4.69) is 5.32 Å². The summed E-state index contributed by atoms with van der Waals surface area (Å²) in [6, 6.07) is -0.889. The van der Waals surface area contributed by atoms with Gasteiger partial charge in [-0.1, -0.05) is 0 Å². The number of hydrogen-bond donors (Lipinski definition) is 1. The van der Waals surface area contributed by atoms with Gasteiger partial charge in [-0.3, -0.25) is 0 Å². The summed E-state index contributed by atoms with van der Waals surface area (Å²) in [5, 5.41) is 3.04. The van der Waals surface area contributed by atoms with Gasteiger partial charge >= 0.3 is 0 Å². The lowest BCUT2D eigenvalue weighted by Crippen LogP contribution is -2.43. The third-order valence-electron chi connectivity index (χ3n) is 4.19. The second-order valence-corrected chi connectivity index (χ2v) is 7.29. The Labute approximate surface area is 137 Å². The summed E-state index contributed by atoms with van der Waals surface area (Å²) in [7, 11) is -4.66. The quantitative estimate of drug-likeness (QED) is 0.637. The first-order chi connectivity index (χ1) is 10.3. The van der Waals surface area contributed by atoms with Crippen LogP contribution in [-0.2, 0) is 10.0 Å². The Bertz CT molecular complexity index is 676. The SMILES string of the molecule is Cl.O=S(=O)(c1c(F)c(F)cc(F)c1F)N1C2CCNCC1CC2. The van der Waals surface area contributed by atoms with Crippen molar-refractivity contribution in [3.05, 3.63) is 29.3 Å². The molecule has 0 aromatic heterocycles. The summed E-state index contributed by atoms with van der Waals surface area (Å²) < 4.78 is 80.7. The molecule has 130 valence electrons. The first-order valence-electron chi connectivity index (χ1n) is 6.91. The first kappa shape index (κ1) is 18.4. The smallest absolute Gasteiger partial charge is 0.249 e. The van der Waals surface area contributed by atoms with Gasteiger partial charge in [0, 0.05) is 24.7 Å². The van der Waals surface area contributed by atoms with E-state index < -0.39 is 50.3 Å². The van der Waals surface area contributed by atoms with Crippen molar-refractivity contribution in [1.82, 2.24) is 9.62 Å². The molecule has 0 radical (unpaired) electrons. The van der Waals surface area contributed by atoms with Gasteiger partial charge in [-0.15, -0.1) is 12.4 Å². The molecule has 10 heteroatoms. The van der Waals surface area contributed by atoms with E-state index in [1.165, 1.54) is 0 Å². The molecule has 2 bridgehead atoms. The van der Waals surface area contributed by atoms with Gasteiger partial charge in [0.2, 0.25) is 10.0 Å². The molecule has 3 rings (SSSR count). The average Bonchev–Trinajstić information content (AvgIpc) is 2.70. The fourth-order valence-corrected chi connectivity index (χ4v) is 5.25. The number of fused-ring (bicyclic) bond motifs is 2. The molecule has 2 saturated heterocycles. The molecule has 0 saturated carbocycles. The Balaban J connectivity index is 0.00000192. The Hall–Kier alpha value is -0.900. The molecule has 23 heavy (non-hydrogen) atoms. The maximum absolute atomic E-state index is 13.9. The van der Waals surface area contributed by atoms with Gasteiger partial charge in [0.15, 0.2) is 28.2 Å². The van der Waals surface area contributed by atoms with Crippen molar-refractivity contribution >= 4 is 22.4 Å². The van der Waals surface area contributed by atoms with Crippen LogP contribution in [0, 0.1) is 23.3 Å². The molecule has 1 aromatic carbocycles. The van der Waals surface area contributed by atoms with E-state index in [9.17, 15) is 26.0 Å². The average molecular weight is 375 g/mol. The van der Waals surface area contributed by atoms with Crippen LogP contribution >= 0.6 is 12.4 Å². The summed E-state index contributed by atoms with van der Waals surface area (Å²) in [6.45, 7) is 0.923. The van der Waals surface area contributed by atoms with E-state index in [1.54, 1.807) is 0 Å². The summed E-state index contributed by atoms with van der Waals surface area (Å²) in [5.74, 6) is -7.21. The largest absolute Gasteiger partial charge is 0.315 e.